The van der Waals surface area contributed by atoms with Crippen LogP contribution in [0.3, 0.4) is 0 Å². The van der Waals surface area contributed by atoms with Crippen molar-refractivity contribution in [1.29, 1.82) is 0 Å². The van der Waals surface area contributed by atoms with Gasteiger partial charge in [0.15, 0.2) is 0 Å². The number of nitrogens with zero attached hydrogens (tertiary/aromatic N) is 4. The summed E-state index contributed by atoms with van der Waals surface area (Å²) in [6, 6.07) is 46.2. The number of fused-ring (bicyclic) bond motifs is 3. The van der Waals surface area contributed by atoms with Gasteiger partial charge in [-0.3, -0.25) is 4.98 Å². The predicted molar refractivity (Wildman–Crippen MR) is 271 cm³/mol. The molecule has 0 amide bonds. The molecule has 0 radical (unpaired) electrons. The smallest absolute Gasteiger partial charge is 0.503 e. The van der Waals surface area contributed by atoms with E-state index in [-0.39, 0.29) is 37.3 Å². The second kappa shape index (κ2) is 17.3. The van der Waals surface area contributed by atoms with Crippen LogP contribution in [0.25, 0.3) is 67.0 Å². The largest absolute Gasteiger partial charge is 2.00 e. The van der Waals surface area contributed by atoms with E-state index in [1.807, 2.05) is 42.9 Å². The summed E-state index contributed by atoms with van der Waals surface area (Å²) >= 11 is 0. The van der Waals surface area contributed by atoms with Crippen molar-refractivity contribution in [3.8, 4) is 56.6 Å². The van der Waals surface area contributed by atoms with Crippen molar-refractivity contribution in [2.75, 3.05) is 0 Å². The maximum Gasteiger partial charge on any atom is 2.00 e. The third-order valence-electron chi connectivity index (χ3n) is 12.8. The molecule has 336 valence electrons. The molecule has 0 aliphatic rings. The van der Waals surface area contributed by atoms with Crippen LogP contribution >= 0.6 is 0 Å². The molecule has 0 aliphatic heterocycles. The Hall–Kier alpha value is -6.03. The number of aryl methyl sites for hydroxylation is 4. The van der Waals surface area contributed by atoms with Gasteiger partial charge in [0.05, 0.1) is 5.82 Å². The average Bonchev–Trinajstić information content (AvgIpc) is 3.85. The zero-order valence-electron chi connectivity index (χ0n) is 40.6. The zero-order valence-corrected chi connectivity index (χ0v) is 42.9. The number of hydrogen-bond donors (Lipinski definition) is 0. The molecule has 5 nitrogen and oxygen atoms in total. The van der Waals surface area contributed by atoms with Gasteiger partial charge in [-0.1, -0.05) is 122 Å². The number of benzene rings is 6. The van der Waals surface area contributed by atoms with E-state index in [1.54, 1.807) is 0 Å². The second-order valence-electron chi connectivity index (χ2n) is 20.9. The monoisotopic (exact) mass is 1050 g/mol. The van der Waals surface area contributed by atoms with Gasteiger partial charge in [-0.05, 0) is 141 Å². The van der Waals surface area contributed by atoms with Crippen LogP contribution in [-0.4, -0.2) is 19.1 Å². The fourth-order valence-corrected chi connectivity index (χ4v) is 9.63. The number of aromatic nitrogens is 4. The van der Waals surface area contributed by atoms with Gasteiger partial charge in [0.25, 0.3) is 0 Å². The van der Waals surface area contributed by atoms with Crippen LogP contribution in [0, 0.1) is 39.8 Å². The molecule has 0 aliphatic carbocycles. The van der Waals surface area contributed by atoms with E-state index in [0.29, 0.717) is 11.5 Å². The number of imidazole rings is 1. The van der Waals surface area contributed by atoms with Crippen LogP contribution < -0.4 is 4.74 Å². The molecule has 0 saturated heterocycles. The summed E-state index contributed by atoms with van der Waals surface area (Å²) in [6.45, 7) is 29.6. The first-order valence-electron chi connectivity index (χ1n) is 22.8. The molecule has 9 rings (SSSR count). The van der Waals surface area contributed by atoms with E-state index in [0.717, 1.165) is 50.3 Å². The first-order chi connectivity index (χ1) is 30.8. The summed E-state index contributed by atoms with van der Waals surface area (Å²) in [6.07, 6.45) is 5.84. The molecule has 3 aromatic heterocycles. The van der Waals surface area contributed by atoms with E-state index in [2.05, 4.69) is 196 Å². The van der Waals surface area contributed by atoms with Crippen LogP contribution in [0.15, 0.2) is 128 Å². The van der Waals surface area contributed by atoms with Gasteiger partial charge in [-0.15, -0.1) is 41.3 Å². The molecular formula is C60H60N4OPt. The first-order valence-corrected chi connectivity index (χ1v) is 22.8. The van der Waals surface area contributed by atoms with Crippen molar-refractivity contribution in [2.24, 2.45) is 0 Å². The Morgan fingerprint density at radius 3 is 1.82 bits per heavy atom. The first kappa shape index (κ1) is 46.5. The van der Waals surface area contributed by atoms with Gasteiger partial charge in [0, 0.05) is 41.3 Å². The minimum Gasteiger partial charge on any atom is -0.503 e. The predicted octanol–water partition coefficient (Wildman–Crippen LogP) is 15.9. The third kappa shape index (κ3) is 8.59. The molecule has 0 unspecified atom stereocenters. The summed E-state index contributed by atoms with van der Waals surface area (Å²) in [5.74, 6) is 2.79. The third-order valence-corrected chi connectivity index (χ3v) is 12.8. The van der Waals surface area contributed by atoms with Crippen molar-refractivity contribution in [3.05, 3.63) is 179 Å². The summed E-state index contributed by atoms with van der Waals surface area (Å²) in [5, 5.41) is 2.21. The molecule has 0 N–H and O–H groups in total. The summed E-state index contributed by atoms with van der Waals surface area (Å²) < 4.78 is 11.0. The molecule has 0 fully saturated rings. The summed E-state index contributed by atoms with van der Waals surface area (Å²) in [7, 11) is 0. The summed E-state index contributed by atoms with van der Waals surface area (Å²) in [5.41, 5.74) is 17.6. The Bertz CT molecular complexity index is 3210. The van der Waals surface area contributed by atoms with Crippen LogP contribution in [-0.2, 0) is 37.3 Å². The Labute approximate surface area is 406 Å². The van der Waals surface area contributed by atoms with E-state index >= 15 is 0 Å². The second-order valence-corrected chi connectivity index (χ2v) is 20.9. The molecule has 0 saturated carbocycles. The fourth-order valence-electron chi connectivity index (χ4n) is 9.63. The van der Waals surface area contributed by atoms with Crippen molar-refractivity contribution in [3.63, 3.8) is 0 Å². The minimum atomic E-state index is -0.0923. The van der Waals surface area contributed by atoms with Crippen LogP contribution in [0.4, 0.5) is 0 Å². The number of hydrogen-bond acceptors (Lipinski definition) is 3. The molecule has 0 bridgehead atoms. The quantitative estimate of drug-likeness (QED) is 0.149. The van der Waals surface area contributed by atoms with E-state index in [9.17, 15) is 0 Å². The van der Waals surface area contributed by atoms with Crippen LogP contribution in [0.5, 0.6) is 11.5 Å². The Kier molecular flexibility index (Phi) is 12.2. The van der Waals surface area contributed by atoms with Crippen molar-refractivity contribution in [2.45, 2.75) is 106 Å². The molecule has 0 spiro atoms. The van der Waals surface area contributed by atoms with Gasteiger partial charge >= 0.3 is 21.1 Å². The maximum absolute atomic E-state index is 6.65. The number of pyridine rings is 1. The SMILES string of the molecule is Cc1cccc(C)c1-c1cc(C)c(-n2ccnc2-c2[c-]c(Oc3[c-]c4c(cc3)c3ccccc3n4-c3cc(-c4c(C(C)(C)C)cc(C(C)(C)C)cc4C(C)(C)C)ccn3)ccc2)c(C)c1.[Pt+2]. The Morgan fingerprint density at radius 1 is 0.530 bits per heavy atom. The van der Waals surface area contributed by atoms with E-state index in [1.165, 1.54) is 55.6 Å². The van der Waals surface area contributed by atoms with Gasteiger partial charge in [-0.25, -0.2) is 4.98 Å². The van der Waals surface area contributed by atoms with Gasteiger partial charge < -0.3 is 13.9 Å². The normalized spacial score (nSPS) is 12.2. The topological polar surface area (TPSA) is 44.9 Å². The molecule has 0 atom stereocenters. The van der Waals surface area contributed by atoms with Crippen LogP contribution in [0.2, 0.25) is 0 Å². The van der Waals surface area contributed by atoms with Gasteiger partial charge in [0.1, 0.15) is 5.82 Å². The Balaban J connectivity index is 0.00000592. The fraction of sp³-hybridized carbons (Fsp3) is 0.267. The van der Waals surface area contributed by atoms with Crippen molar-refractivity contribution < 1.29 is 25.8 Å². The molecule has 6 heteroatoms. The minimum absolute atomic E-state index is 0. The van der Waals surface area contributed by atoms with Crippen molar-refractivity contribution >= 4 is 21.8 Å². The standard InChI is InChI=1S/C60H60N4O.Pt/c1-37-18-16-19-38(2)54(37)43-30-39(3)56(40(4)31-43)63-29-28-62-57(63)42-20-17-21-45(32-42)65-46-24-25-48-47-22-14-15-23-51(47)64(52(48)36-46)53-33-41(26-27-61-53)55-49(59(8,9)10)34-44(58(5,6)7)35-50(55)60(11,12)13;/h14-31,33-35H,1-13H3;/q-2;+2. The molecule has 3 heterocycles. The molecule has 6 aromatic carbocycles. The average molecular weight is 1050 g/mol. The Morgan fingerprint density at radius 2 is 1.17 bits per heavy atom. The van der Waals surface area contributed by atoms with Gasteiger partial charge in [0.2, 0.25) is 0 Å². The van der Waals surface area contributed by atoms with E-state index in [4.69, 9.17) is 14.7 Å². The van der Waals surface area contributed by atoms with Gasteiger partial charge in [-0.2, -0.15) is 6.07 Å². The number of ether oxygens (including phenoxy) is 1. The number of para-hydroxylation sites is 1. The zero-order chi connectivity index (χ0) is 46.2. The molecule has 9 aromatic rings. The maximum atomic E-state index is 6.65. The molecule has 66 heavy (non-hydrogen) atoms. The van der Waals surface area contributed by atoms with Crippen LogP contribution in [0.1, 0.15) is 101 Å². The van der Waals surface area contributed by atoms with E-state index < -0.39 is 0 Å². The van der Waals surface area contributed by atoms with Crippen molar-refractivity contribution in [1.82, 2.24) is 19.1 Å². The molecular weight excluding hydrogens is 988 g/mol. The number of rotatable bonds is 7. The summed E-state index contributed by atoms with van der Waals surface area (Å²) in [4.78, 5) is 9.91.